The number of hydrogen-bond acceptors (Lipinski definition) is 7. The minimum atomic E-state index is -3.93. The van der Waals surface area contributed by atoms with Crippen LogP contribution in [0.25, 0.3) is 0 Å². The number of amides is 1. The molecule has 0 saturated carbocycles. The molecule has 0 radical (unpaired) electrons. The van der Waals surface area contributed by atoms with E-state index in [1.165, 1.54) is 42.7 Å². The van der Waals surface area contributed by atoms with Gasteiger partial charge in [0, 0.05) is 10.6 Å². The Labute approximate surface area is 183 Å². The van der Waals surface area contributed by atoms with E-state index >= 15 is 0 Å². The number of hydrogen-bond donors (Lipinski definition) is 2. The van der Waals surface area contributed by atoms with Gasteiger partial charge in [0.2, 0.25) is 0 Å². The van der Waals surface area contributed by atoms with Crippen LogP contribution in [0.15, 0.2) is 70.9 Å². The van der Waals surface area contributed by atoms with Crippen LogP contribution >= 0.6 is 11.3 Å². The molecule has 1 heterocycles. The summed E-state index contributed by atoms with van der Waals surface area (Å²) in [5, 5.41) is 4.54. The molecule has 2 N–H and O–H groups in total. The highest BCUT2D eigenvalue weighted by molar-refractivity contribution is 7.92. The minimum Gasteiger partial charge on any atom is -0.497 e. The average Bonchev–Trinajstić information content (AvgIpc) is 3.30. The molecular formula is C21H20N2O6S2. The molecule has 0 atom stereocenters. The molecule has 3 rings (SSSR count). The first-order valence-electron chi connectivity index (χ1n) is 9.10. The number of nitrogens with one attached hydrogen (secondary N) is 2. The van der Waals surface area contributed by atoms with Gasteiger partial charge in [-0.25, -0.2) is 13.2 Å². The van der Waals surface area contributed by atoms with Gasteiger partial charge >= 0.3 is 5.97 Å². The molecule has 0 fully saturated rings. The first-order chi connectivity index (χ1) is 14.9. The highest BCUT2D eigenvalue weighted by Crippen LogP contribution is 2.20. The molecule has 162 valence electrons. The first kappa shape index (κ1) is 22.3. The Morgan fingerprint density at radius 1 is 1.03 bits per heavy atom. The van der Waals surface area contributed by atoms with Crippen LogP contribution in [0.3, 0.4) is 0 Å². The lowest BCUT2D eigenvalue weighted by molar-refractivity contribution is -0.124. The summed E-state index contributed by atoms with van der Waals surface area (Å²) in [6, 6.07) is 15.5. The van der Waals surface area contributed by atoms with Crippen molar-refractivity contribution in [3.63, 3.8) is 0 Å². The van der Waals surface area contributed by atoms with E-state index in [-0.39, 0.29) is 10.5 Å². The molecule has 0 bridgehead atoms. The predicted octanol–water partition coefficient (Wildman–Crippen LogP) is 3.03. The fourth-order valence-corrected chi connectivity index (χ4v) is 4.28. The van der Waals surface area contributed by atoms with Crippen molar-refractivity contribution in [1.82, 2.24) is 5.32 Å². The average molecular weight is 461 g/mol. The first-order valence-corrected chi connectivity index (χ1v) is 11.5. The quantitative estimate of drug-likeness (QED) is 0.475. The summed E-state index contributed by atoms with van der Waals surface area (Å²) in [7, 11) is -2.42. The Hall–Kier alpha value is -3.37. The lowest BCUT2D eigenvalue weighted by atomic mass is 10.2. The third-order valence-electron chi connectivity index (χ3n) is 4.10. The number of benzene rings is 2. The molecular weight excluding hydrogens is 440 g/mol. The topological polar surface area (TPSA) is 111 Å². The van der Waals surface area contributed by atoms with E-state index in [2.05, 4.69) is 10.0 Å². The summed E-state index contributed by atoms with van der Waals surface area (Å²) in [4.78, 5) is 25.0. The van der Waals surface area contributed by atoms with Crippen LogP contribution in [-0.2, 0) is 26.1 Å². The number of ether oxygens (including phenoxy) is 2. The highest BCUT2D eigenvalue weighted by atomic mass is 32.2. The van der Waals surface area contributed by atoms with E-state index in [9.17, 15) is 18.0 Å². The Morgan fingerprint density at radius 3 is 2.48 bits per heavy atom. The SMILES string of the molecule is COc1ccc(NS(=O)(=O)c2cccc(C(=O)OCC(=O)NCc3cccs3)c2)cc1. The summed E-state index contributed by atoms with van der Waals surface area (Å²) >= 11 is 1.50. The lowest BCUT2D eigenvalue weighted by Crippen LogP contribution is -2.28. The van der Waals surface area contributed by atoms with Gasteiger partial charge in [-0.15, -0.1) is 11.3 Å². The molecule has 31 heavy (non-hydrogen) atoms. The molecule has 3 aromatic rings. The number of rotatable bonds is 9. The zero-order chi connectivity index (χ0) is 22.3. The standard InChI is InChI=1S/C21H20N2O6S2/c1-28-17-9-7-16(8-10-17)23-31(26,27)19-6-2-4-15(12-19)21(25)29-14-20(24)22-13-18-5-3-11-30-18/h2-12,23H,13-14H2,1H3,(H,22,24). The van der Waals surface area contributed by atoms with E-state index < -0.39 is 28.5 Å². The smallest absolute Gasteiger partial charge is 0.338 e. The molecule has 0 unspecified atom stereocenters. The van der Waals surface area contributed by atoms with Crippen molar-refractivity contribution in [3.8, 4) is 5.75 Å². The van der Waals surface area contributed by atoms with Crippen molar-refractivity contribution in [2.75, 3.05) is 18.4 Å². The van der Waals surface area contributed by atoms with Crippen LogP contribution in [-0.4, -0.2) is 34.0 Å². The van der Waals surface area contributed by atoms with Crippen molar-refractivity contribution >= 4 is 38.9 Å². The van der Waals surface area contributed by atoms with Crippen LogP contribution < -0.4 is 14.8 Å². The molecule has 0 aliphatic rings. The third kappa shape index (κ3) is 6.30. The van der Waals surface area contributed by atoms with E-state index in [0.29, 0.717) is 18.0 Å². The minimum absolute atomic E-state index is 0.0173. The van der Waals surface area contributed by atoms with E-state index in [1.54, 1.807) is 24.3 Å². The van der Waals surface area contributed by atoms with Gasteiger partial charge in [-0.3, -0.25) is 9.52 Å². The van der Waals surface area contributed by atoms with E-state index in [4.69, 9.17) is 9.47 Å². The molecule has 8 nitrogen and oxygen atoms in total. The molecule has 0 aliphatic heterocycles. The monoisotopic (exact) mass is 460 g/mol. The number of anilines is 1. The maximum atomic E-state index is 12.6. The van der Waals surface area contributed by atoms with Gasteiger partial charge in [-0.1, -0.05) is 12.1 Å². The number of carbonyl (C=O) groups excluding carboxylic acids is 2. The Balaban J connectivity index is 1.60. The Kier molecular flexibility index (Phi) is 7.27. The molecule has 1 amide bonds. The van der Waals surface area contributed by atoms with Gasteiger partial charge in [0.05, 0.1) is 24.1 Å². The molecule has 10 heteroatoms. The zero-order valence-electron chi connectivity index (χ0n) is 16.5. The van der Waals surface area contributed by atoms with Crippen molar-refractivity contribution in [2.45, 2.75) is 11.4 Å². The van der Waals surface area contributed by atoms with Crippen LogP contribution in [0.4, 0.5) is 5.69 Å². The molecule has 0 aliphatic carbocycles. The Morgan fingerprint density at radius 2 is 1.81 bits per heavy atom. The van der Waals surface area contributed by atoms with Gasteiger partial charge in [0.25, 0.3) is 15.9 Å². The van der Waals surface area contributed by atoms with E-state index in [0.717, 1.165) is 4.88 Å². The summed E-state index contributed by atoms with van der Waals surface area (Å²) in [5.74, 6) is -0.661. The van der Waals surface area contributed by atoms with Crippen LogP contribution in [0, 0.1) is 0 Å². The fraction of sp³-hybridized carbons (Fsp3) is 0.143. The summed E-state index contributed by atoms with van der Waals surface area (Å²) < 4.78 is 37.7. The van der Waals surface area contributed by atoms with Crippen LogP contribution in [0.5, 0.6) is 5.75 Å². The normalized spacial score (nSPS) is 10.9. The summed E-state index contributed by atoms with van der Waals surface area (Å²) in [5.41, 5.74) is 0.361. The second-order valence-electron chi connectivity index (χ2n) is 6.29. The number of sulfonamides is 1. The molecule has 2 aromatic carbocycles. The van der Waals surface area contributed by atoms with Crippen molar-refractivity contribution < 1.29 is 27.5 Å². The third-order valence-corrected chi connectivity index (χ3v) is 6.35. The van der Waals surface area contributed by atoms with Gasteiger partial charge < -0.3 is 14.8 Å². The summed E-state index contributed by atoms with van der Waals surface area (Å²) in [6.45, 7) is -0.121. The second-order valence-corrected chi connectivity index (χ2v) is 9.01. The Bertz CT molecular complexity index is 1140. The predicted molar refractivity (Wildman–Crippen MR) is 117 cm³/mol. The zero-order valence-corrected chi connectivity index (χ0v) is 18.2. The van der Waals surface area contributed by atoms with Crippen molar-refractivity contribution in [1.29, 1.82) is 0 Å². The van der Waals surface area contributed by atoms with E-state index in [1.807, 2.05) is 17.5 Å². The fourth-order valence-electron chi connectivity index (χ4n) is 2.53. The second kappa shape index (κ2) is 10.1. The molecule has 0 spiro atoms. The van der Waals surface area contributed by atoms with Crippen molar-refractivity contribution in [2.24, 2.45) is 0 Å². The maximum absolute atomic E-state index is 12.6. The number of thiophene rings is 1. The van der Waals surface area contributed by atoms with Gasteiger partial charge in [-0.2, -0.15) is 0 Å². The highest BCUT2D eigenvalue weighted by Gasteiger charge is 2.18. The number of carbonyl (C=O) groups is 2. The summed E-state index contributed by atoms with van der Waals surface area (Å²) in [6.07, 6.45) is 0. The molecule has 1 aromatic heterocycles. The molecule has 0 saturated heterocycles. The number of esters is 1. The van der Waals surface area contributed by atoms with Gasteiger partial charge in [0.15, 0.2) is 6.61 Å². The van der Waals surface area contributed by atoms with Gasteiger partial charge in [0.1, 0.15) is 5.75 Å². The number of methoxy groups -OCH3 is 1. The van der Waals surface area contributed by atoms with Gasteiger partial charge in [-0.05, 0) is 53.9 Å². The van der Waals surface area contributed by atoms with Crippen LogP contribution in [0.1, 0.15) is 15.2 Å². The van der Waals surface area contributed by atoms with Crippen LogP contribution in [0.2, 0.25) is 0 Å². The maximum Gasteiger partial charge on any atom is 0.338 e. The lowest BCUT2D eigenvalue weighted by Gasteiger charge is -2.10. The van der Waals surface area contributed by atoms with Crippen molar-refractivity contribution in [3.05, 3.63) is 76.5 Å². The largest absolute Gasteiger partial charge is 0.497 e.